The summed E-state index contributed by atoms with van der Waals surface area (Å²) in [6.45, 7) is 4.03. The van der Waals surface area contributed by atoms with Gasteiger partial charge in [0.15, 0.2) is 0 Å². The molecule has 0 atom stereocenters. The molecule has 3 rings (SSSR count). The maximum absolute atomic E-state index is 12.1. The van der Waals surface area contributed by atoms with Gasteiger partial charge in [-0.3, -0.25) is 4.79 Å². The zero-order valence-corrected chi connectivity index (χ0v) is 14.2. The van der Waals surface area contributed by atoms with Gasteiger partial charge in [0, 0.05) is 49.4 Å². The van der Waals surface area contributed by atoms with E-state index >= 15 is 0 Å². The van der Waals surface area contributed by atoms with E-state index in [-0.39, 0.29) is 5.91 Å². The Morgan fingerprint density at radius 2 is 1.92 bits per heavy atom. The van der Waals surface area contributed by atoms with Crippen molar-refractivity contribution in [2.75, 3.05) is 5.32 Å². The fourth-order valence-corrected chi connectivity index (χ4v) is 2.55. The molecular formula is C18H21N5O. The second-order valence-electron chi connectivity index (χ2n) is 5.83. The predicted octanol–water partition coefficient (Wildman–Crippen LogP) is 2.79. The highest BCUT2D eigenvalue weighted by atomic mass is 16.1. The summed E-state index contributed by atoms with van der Waals surface area (Å²) >= 11 is 0. The largest absolute Gasteiger partial charge is 0.338 e. The van der Waals surface area contributed by atoms with E-state index in [0.29, 0.717) is 12.8 Å². The van der Waals surface area contributed by atoms with Crippen LogP contribution < -0.4 is 5.32 Å². The van der Waals surface area contributed by atoms with Gasteiger partial charge < -0.3 is 14.5 Å². The molecule has 1 N–H and O–H groups in total. The molecule has 1 amide bonds. The zero-order valence-electron chi connectivity index (χ0n) is 14.2. The van der Waals surface area contributed by atoms with Crippen molar-refractivity contribution < 1.29 is 4.79 Å². The van der Waals surface area contributed by atoms with Gasteiger partial charge in [-0.05, 0) is 38.1 Å². The summed E-state index contributed by atoms with van der Waals surface area (Å²) in [4.78, 5) is 20.6. The van der Waals surface area contributed by atoms with E-state index in [1.54, 1.807) is 6.20 Å². The summed E-state index contributed by atoms with van der Waals surface area (Å²) in [6.07, 6.45) is 6.47. The first kappa shape index (κ1) is 16.0. The molecule has 0 aliphatic rings. The first-order valence-electron chi connectivity index (χ1n) is 7.91. The van der Waals surface area contributed by atoms with E-state index in [4.69, 9.17) is 0 Å². The van der Waals surface area contributed by atoms with Crippen molar-refractivity contribution in [1.29, 1.82) is 0 Å². The molecule has 24 heavy (non-hydrogen) atoms. The van der Waals surface area contributed by atoms with Gasteiger partial charge in [0.05, 0.1) is 12.0 Å². The summed E-state index contributed by atoms with van der Waals surface area (Å²) in [5.74, 6) is 0.895. The van der Waals surface area contributed by atoms with Crippen molar-refractivity contribution in [3.8, 4) is 5.69 Å². The topological polar surface area (TPSA) is 64.7 Å². The van der Waals surface area contributed by atoms with Gasteiger partial charge in [-0.2, -0.15) is 0 Å². The van der Waals surface area contributed by atoms with Gasteiger partial charge in [0.25, 0.3) is 0 Å². The number of aromatic nitrogens is 4. The van der Waals surface area contributed by atoms with Crippen LogP contribution in [0.3, 0.4) is 0 Å². The van der Waals surface area contributed by atoms with Gasteiger partial charge in [-0.15, -0.1) is 0 Å². The second-order valence-corrected chi connectivity index (χ2v) is 5.83. The van der Waals surface area contributed by atoms with Crippen LogP contribution >= 0.6 is 0 Å². The lowest BCUT2D eigenvalue weighted by atomic mass is 10.2. The number of carbonyl (C=O) groups excluding carboxylic acids is 1. The highest BCUT2D eigenvalue weighted by Crippen LogP contribution is 2.17. The van der Waals surface area contributed by atoms with Crippen LogP contribution in [0.15, 0.2) is 43.0 Å². The molecule has 0 spiro atoms. The normalized spacial score (nSPS) is 10.8. The van der Waals surface area contributed by atoms with Gasteiger partial charge in [0.2, 0.25) is 5.91 Å². The van der Waals surface area contributed by atoms with E-state index in [1.807, 2.05) is 66.8 Å². The number of amides is 1. The molecule has 2 heterocycles. The Bertz CT molecular complexity index is 845. The van der Waals surface area contributed by atoms with E-state index in [9.17, 15) is 4.79 Å². The monoisotopic (exact) mass is 323 g/mol. The second kappa shape index (κ2) is 6.70. The number of carbonyl (C=O) groups is 1. The number of hydrogen-bond donors (Lipinski definition) is 1. The van der Waals surface area contributed by atoms with Crippen LogP contribution in [0.4, 0.5) is 5.69 Å². The number of nitrogens with one attached hydrogen (secondary N) is 1. The molecule has 0 saturated carbocycles. The number of hydrogen-bond acceptors (Lipinski definition) is 3. The molecule has 1 aromatic carbocycles. The van der Waals surface area contributed by atoms with E-state index in [2.05, 4.69) is 15.3 Å². The van der Waals surface area contributed by atoms with Crippen molar-refractivity contribution in [1.82, 2.24) is 19.1 Å². The fraction of sp³-hybridized carbons (Fsp3) is 0.278. The molecule has 124 valence electrons. The lowest BCUT2D eigenvalue weighted by Gasteiger charge is -2.08. The van der Waals surface area contributed by atoms with Gasteiger partial charge in [-0.1, -0.05) is 0 Å². The quantitative estimate of drug-likeness (QED) is 0.785. The molecule has 0 radical (unpaired) electrons. The third-order valence-corrected chi connectivity index (χ3v) is 4.18. The molecule has 6 nitrogen and oxygen atoms in total. The number of anilines is 1. The molecular weight excluding hydrogens is 302 g/mol. The first-order chi connectivity index (χ1) is 11.5. The Morgan fingerprint density at radius 3 is 2.50 bits per heavy atom. The molecule has 3 aromatic rings. The van der Waals surface area contributed by atoms with Crippen LogP contribution in [0.25, 0.3) is 5.69 Å². The summed E-state index contributed by atoms with van der Waals surface area (Å²) < 4.78 is 3.96. The predicted molar refractivity (Wildman–Crippen MR) is 93.2 cm³/mol. The number of rotatable bonds is 5. The minimum Gasteiger partial charge on any atom is -0.338 e. The number of aryl methyl sites for hydroxylation is 3. The zero-order chi connectivity index (χ0) is 17.1. The van der Waals surface area contributed by atoms with Gasteiger partial charge in [0.1, 0.15) is 5.82 Å². The highest BCUT2D eigenvalue weighted by Gasteiger charge is 2.07. The Morgan fingerprint density at radius 1 is 1.17 bits per heavy atom. The molecule has 0 aliphatic carbocycles. The Hall–Kier alpha value is -2.89. The molecule has 0 saturated heterocycles. The molecule has 0 unspecified atom stereocenters. The van der Waals surface area contributed by atoms with Crippen molar-refractivity contribution in [2.24, 2.45) is 7.05 Å². The summed E-state index contributed by atoms with van der Waals surface area (Å²) in [7, 11) is 1.93. The Balaban J connectivity index is 1.60. The Labute approximate surface area is 141 Å². The Kier molecular flexibility index (Phi) is 4.46. The average Bonchev–Trinajstić information content (AvgIpc) is 3.13. The number of nitrogens with zero attached hydrogens (tertiary/aromatic N) is 4. The van der Waals surface area contributed by atoms with Crippen LogP contribution in [-0.4, -0.2) is 25.0 Å². The van der Waals surface area contributed by atoms with Crippen LogP contribution in [0.2, 0.25) is 0 Å². The third-order valence-electron chi connectivity index (χ3n) is 4.18. The van der Waals surface area contributed by atoms with E-state index in [0.717, 1.165) is 28.6 Å². The fourth-order valence-electron chi connectivity index (χ4n) is 2.55. The number of imidazole rings is 2. The third kappa shape index (κ3) is 3.37. The van der Waals surface area contributed by atoms with Crippen LogP contribution in [-0.2, 0) is 18.3 Å². The SMILES string of the molecule is Cc1ncn(-c2ccc(NC(=O)CCc3nccn3C)cc2)c1C. The molecule has 0 bridgehead atoms. The maximum Gasteiger partial charge on any atom is 0.224 e. The number of benzene rings is 1. The van der Waals surface area contributed by atoms with E-state index in [1.165, 1.54) is 0 Å². The molecule has 0 aliphatic heterocycles. The van der Waals surface area contributed by atoms with Crippen molar-refractivity contribution in [3.05, 3.63) is 60.2 Å². The van der Waals surface area contributed by atoms with Crippen molar-refractivity contribution in [2.45, 2.75) is 26.7 Å². The minimum atomic E-state index is -0.0135. The lowest BCUT2D eigenvalue weighted by molar-refractivity contribution is -0.116. The van der Waals surface area contributed by atoms with Crippen LogP contribution in [0.5, 0.6) is 0 Å². The van der Waals surface area contributed by atoms with Gasteiger partial charge in [-0.25, -0.2) is 9.97 Å². The lowest BCUT2D eigenvalue weighted by Crippen LogP contribution is -2.13. The first-order valence-corrected chi connectivity index (χ1v) is 7.91. The van der Waals surface area contributed by atoms with E-state index < -0.39 is 0 Å². The molecule has 6 heteroatoms. The van der Waals surface area contributed by atoms with Gasteiger partial charge >= 0.3 is 0 Å². The van der Waals surface area contributed by atoms with Crippen molar-refractivity contribution >= 4 is 11.6 Å². The smallest absolute Gasteiger partial charge is 0.224 e. The molecule has 0 fully saturated rings. The highest BCUT2D eigenvalue weighted by molar-refractivity contribution is 5.90. The standard InChI is InChI=1S/C18H21N5O/c1-13-14(2)23(12-20-13)16-6-4-15(5-7-16)21-18(24)9-8-17-19-10-11-22(17)3/h4-7,10-12H,8-9H2,1-3H3,(H,21,24). The maximum atomic E-state index is 12.1. The summed E-state index contributed by atoms with van der Waals surface area (Å²) in [5, 5.41) is 2.92. The molecule has 2 aromatic heterocycles. The summed E-state index contributed by atoms with van der Waals surface area (Å²) in [6, 6.07) is 7.76. The van der Waals surface area contributed by atoms with Crippen LogP contribution in [0, 0.1) is 13.8 Å². The van der Waals surface area contributed by atoms with Crippen LogP contribution in [0.1, 0.15) is 23.6 Å². The minimum absolute atomic E-state index is 0.0135. The van der Waals surface area contributed by atoms with Crippen molar-refractivity contribution in [3.63, 3.8) is 0 Å². The average molecular weight is 323 g/mol. The summed E-state index contributed by atoms with van der Waals surface area (Å²) in [5.41, 5.74) is 3.95.